The number of carbonyl (C=O) groups is 1. The summed E-state index contributed by atoms with van der Waals surface area (Å²) in [6.07, 6.45) is 1.53. The quantitative estimate of drug-likeness (QED) is 0.876. The van der Waals surface area contributed by atoms with E-state index in [0.717, 1.165) is 0 Å². The zero-order valence-corrected chi connectivity index (χ0v) is 12.8. The van der Waals surface area contributed by atoms with E-state index in [1.54, 1.807) is 0 Å². The van der Waals surface area contributed by atoms with Crippen molar-refractivity contribution in [1.29, 1.82) is 0 Å². The zero-order valence-electron chi connectivity index (χ0n) is 12.1. The minimum Gasteiger partial charge on any atom is -0.384 e. The normalized spacial score (nSPS) is 15.7. The van der Waals surface area contributed by atoms with E-state index in [4.69, 9.17) is 17.3 Å². The van der Waals surface area contributed by atoms with E-state index in [-0.39, 0.29) is 40.0 Å². The molecule has 3 rings (SSSR count). The van der Waals surface area contributed by atoms with E-state index in [1.165, 1.54) is 23.0 Å². The van der Waals surface area contributed by atoms with Gasteiger partial charge in [-0.1, -0.05) is 11.6 Å². The monoisotopic (exact) mass is 319 g/mol. The first-order valence-electron chi connectivity index (χ1n) is 6.63. The third kappa shape index (κ3) is 2.23. The molecule has 0 radical (unpaired) electrons. The molecule has 0 amide bonds. The van der Waals surface area contributed by atoms with Crippen LogP contribution in [-0.4, -0.2) is 20.3 Å². The van der Waals surface area contributed by atoms with Crippen molar-refractivity contribution in [2.24, 2.45) is 0 Å². The molecule has 3 N–H and O–H groups in total. The molecule has 7 nitrogen and oxygen atoms in total. The number of nitrogens with two attached hydrogens (primary N) is 1. The van der Waals surface area contributed by atoms with Gasteiger partial charge in [0.15, 0.2) is 5.78 Å². The summed E-state index contributed by atoms with van der Waals surface area (Å²) in [6, 6.07) is 2.94. The number of ketones is 1. The lowest BCUT2D eigenvalue weighted by Gasteiger charge is -2.22. The number of Topliss-reactive ketones (excluding diaryl/α,β-unsaturated/α-hetero) is 1. The Hall–Kier alpha value is -2.41. The minimum atomic E-state index is -0.616. The molecule has 1 aliphatic heterocycles. The number of aromatic nitrogens is 3. The fourth-order valence-electron chi connectivity index (χ4n) is 2.65. The number of fused-ring (bicyclic) bond motifs is 1. The summed E-state index contributed by atoms with van der Waals surface area (Å²) in [5, 5.41) is 3.11. The summed E-state index contributed by atoms with van der Waals surface area (Å²) in [5.74, 6) is 0.522. The summed E-state index contributed by atoms with van der Waals surface area (Å²) >= 11 is 6.19. The number of nitrogen functional groups attached to an aromatic ring is 1. The van der Waals surface area contributed by atoms with E-state index >= 15 is 0 Å². The smallest absolute Gasteiger partial charge is 0.275 e. The number of halogens is 1. The van der Waals surface area contributed by atoms with Crippen LogP contribution in [-0.2, 0) is 5.54 Å². The molecular weight excluding hydrogens is 306 g/mol. The Morgan fingerprint density at radius 3 is 2.73 bits per heavy atom. The summed E-state index contributed by atoms with van der Waals surface area (Å²) in [4.78, 5) is 32.5. The van der Waals surface area contributed by atoms with Crippen molar-refractivity contribution in [3.63, 3.8) is 0 Å². The van der Waals surface area contributed by atoms with Crippen molar-refractivity contribution in [2.45, 2.75) is 25.8 Å². The lowest BCUT2D eigenvalue weighted by atomic mass is 10.0. The molecular formula is C14H14ClN5O2. The standard InChI is InChI=1S/C14H14ClN5O2/c1-14(2)5-9(21)12-7(15)3-8(13(22)20(12)14)19-11-4-10(16)17-6-18-11/h3-4,6H,5H2,1-2H3,(H3,16,17,18,19). The largest absolute Gasteiger partial charge is 0.384 e. The van der Waals surface area contributed by atoms with Crippen LogP contribution < -0.4 is 16.6 Å². The lowest BCUT2D eigenvalue weighted by Crippen LogP contribution is -2.34. The summed E-state index contributed by atoms with van der Waals surface area (Å²) < 4.78 is 1.44. The second-order valence-corrected chi connectivity index (χ2v) is 6.17. The molecule has 0 unspecified atom stereocenters. The molecule has 2 aromatic heterocycles. The summed E-state index contributed by atoms with van der Waals surface area (Å²) in [7, 11) is 0. The van der Waals surface area contributed by atoms with Gasteiger partial charge >= 0.3 is 0 Å². The number of rotatable bonds is 2. The highest BCUT2D eigenvalue weighted by Crippen LogP contribution is 2.34. The van der Waals surface area contributed by atoms with Crippen LogP contribution in [0.25, 0.3) is 0 Å². The number of hydrogen-bond donors (Lipinski definition) is 2. The van der Waals surface area contributed by atoms with Gasteiger partial charge in [0, 0.05) is 12.5 Å². The van der Waals surface area contributed by atoms with Gasteiger partial charge in [-0.15, -0.1) is 0 Å². The van der Waals surface area contributed by atoms with Gasteiger partial charge in [0.05, 0.1) is 10.6 Å². The number of pyridine rings is 1. The Morgan fingerprint density at radius 2 is 2.05 bits per heavy atom. The molecule has 0 fully saturated rings. The number of anilines is 3. The van der Waals surface area contributed by atoms with Crippen LogP contribution in [0.15, 0.2) is 23.3 Å². The van der Waals surface area contributed by atoms with Gasteiger partial charge in [-0.25, -0.2) is 9.97 Å². The third-order valence-corrected chi connectivity index (χ3v) is 3.86. The summed E-state index contributed by atoms with van der Waals surface area (Å²) in [5.41, 5.74) is 5.13. The van der Waals surface area contributed by atoms with Gasteiger partial charge in [0.25, 0.3) is 5.56 Å². The van der Waals surface area contributed by atoms with Crippen LogP contribution in [0.1, 0.15) is 30.8 Å². The topological polar surface area (TPSA) is 103 Å². The Kier molecular flexibility index (Phi) is 3.17. The molecule has 0 saturated heterocycles. The van der Waals surface area contributed by atoms with E-state index < -0.39 is 5.54 Å². The average molecular weight is 320 g/mol. The van der Waals surface area contributed by atoms with Gasteiger partial charge < -0.3 is 11.1 Å². The van der Waals surface area contributed by atoms with Gasteiger partial charge in [0.1, 0.15) is 29.3 Å². The Balaban J connectivity index is 2.14. The molecule has 0 atom stereocenters. The average Bonchev–Trinajstić information content (AvgIpc) is 2.65. The Bertz CT molecular complexity index is 844. The molecule has 0 aromatic carbocycles. The van der Waals surface area contributed by atoms with E-state index in [0.29, 0.717) is 5.82 Å². The fourth-order valence-corrected chi connectivity index (χ4v) is 2.94. The van der Waals surface area contributed by atoms with Crippen molar-refractivity contribution in [3.05, 3.63) is 39.5 Å². The first-order valence-corrected chi connectivity index (χ1v) is 7.01. The van der Waals surface area contributed by atoms with Crippen LogP contribution in [0.3, 0.4) is 0 Å². The van der Waals surface area contributed by atoms with Gasteiger partial charge in [-0.05, 0) is 19.9 Å². The maximum absolute atomic E-state index is 12.7. The molecule has 0 saturated carbocycles. The molecule has 2 aromatic rings. The highest BCUT2D eigenvalue weighted by Gasteiger charge is 2.38. The predicted molar refractivity (Wildman–Crippen MR) is 83.7 cm³/mol. The van der Waals surface area contributed by atoms with E-state index in [1.807, 2.05) is 13.8 Å². The maximum Gasteiger partial charge on any atom is 0.275 e. The zero-order chi connectivity index (χ0) is 16.1. The maximum atomic E-state index is 12.7. The van der Waals surface area contributed by atoms with Crippen LogP contribution in [0.5, 0.6) is 0 Å². The first-order chi connectivity index (χ1) is 10.3. The molecule has 0 spiro atoms. The van der Waals surface area contributed by atoms with Crippen molar-refractivity contribution in [1.82, 2.24) is 14.5 Å². The SMILES string of the molecule is CC1(C)CC(=O)c2c(Cl)cc(Nc3cc(N)ncn3)c(=O)n21. The number of nitrogens with zero attached hydrogens (tertiary/aromatic N) is 3. The van der Waals surface area contributed by atoms with Crippen LogP contribution in [0.2, 0.25) is 5.02 Å². The van der Waals surface area contributed by atoms with Crippen molar-refractivity contribution >= 4 is 34.7 Å². The Morgan fingerprint density at radius 1 is 1.32 bits per heavy atom. The van der Waals surface area contributed by atoms with Crippen molar-refractivity contribution in [3.8, 4) is 0 Å². The van der Waals surface area contributed by atoms with Gasteiger partial charge in [-0.2, -0.15) is 0 Å². The fraction of sp³-hybridized carbons (Fsp3) is 0.286. The van der Waals surface area contributed by atoms with E-state index in [2.05, 4.69) is 15.3 Å². The second kappa shape index (κ2) is 4.81. The molecule has 8 heteroatoms. The molecule has 1 aliphatic rings. The van der Waals surface area contributed by atoms with Gasteiger partial charge in [0.2, 0.25) is 0 Å². The van der Waals surface area contributed by atoms with Crippen molar-refractivity contribution < 1.29 is 4.79 Å². The lowest BCUT2D eigenvalue weighted by molar-refractivity contribution is 0.0978. The highest BCUT2D eigenvalue weighted by atomic mass is 35.5. The van der Waals surface area contributed by atoms with Crippen LogP contribution >= 0.6 is 11.6 Å². The number of nitrogens with one attached hydrogen (secondary N) is 1. The highest BCUT2D eigenvalue weighted by molar-refractivity contribution is 6.34. The van der Waals surface area contributed by atoms with Crippen LogP contribution in [0, 0.1) is 0 Å². The number of carbonyl (C=O) groups excluding carboxylic acids is 1. The van der Waals surface area contributed by atoms with Crippen molar-refractivity contribution in [2.75, 3.05) is 11.1 Å². The Labute approximate surface area is 131 Å². The molecule has 3 heterocycles. The third-order valence-electron chi connectivity index (χ3n) is 3.57. The molecule has 22 heavy (non-hydrogen) atoms. The molecule has 114 valence electrons. The first kappa shape index (κ1) is 14.5. The molecule has 0 aliphatic carbocycles. The minimum absolute atomic E-state index is 0.134. The number of hydrogen-bond acceptors (Lipinski definition) is 6. The summed E-state index contributed by atoms with van der Waals surface area (Å²) in [6.45, 7) is 3.65. The van der Waals surface area contributed by atoms with E-state index in [9.17, 15) is 9.59 Å². The molecule has 0 bridgehead atoms. The van der Waals surface area contributed by atoms with Crippen LogP contribution in [0.4, 0.5) is 17.3 Å². The second-order valence-electron chi connectivity index (χ2n) is 5.76. The predicted octanol–water partition coefficient (Wildman–Crippen LogP) is 1.94. The van der Waals surface area contributed by atoms with Gasteiger partial charge in [-0.3, -0.25) is 14.2 Å².